The van der Waals surface area contributed by atoms with Gasteiger partial charge in [-0.3, -0.25) is 0 Å². The van der Waals surface area contributed by atoms with Gasteiger partial charge in [0.2, 0.25) is 0 Å². The van der Waals surface area contributed by atoms with E-state index in [-0.39, 0.29) is 5.97 Å². The number of hydrogen-bond donors (Lipinski definition) is 1. The summed E-state index contributed by atoms with van der Waals surface area (Å²) < 4.78 is 4.43. The number of allylic oxidation sites excluding steroid dienone is 1. The average Bonchev–Trinajstić information content (AvgIpc) is 2.19. The van der Waals surface area contributed by atoms with E-state index in [1.165, 1.54) is 0 Å². The molecular formula is C11H18O4. The van der Waals surface area contributed by atoms with E-state index in [2.05, 4.69) is 11.3 Å². The molecule has 0 saturated heterocycles. The number of rotatable bonds is 4. The molecule has 0 aromatic carbocycles. The van der Waals surface area contributed by atoms with Crippen LogP contribution in [0, 0.1) is 0 Å². The number of esters is 1. The molecule has 0 saturated carbocycles. The number of carboxylic acids is 1. The maximum Gasteiger partial charge on any atom is 0.330 e. The maximum atomic E-state index is 10.1. The molecule has 0 unspecified atom stereocenters. The second-order valence-corrected chi connectivity index (χ2v) is 2.56. The maximum absolute atomic E-state index is 10.1. The van der Waals surface area contributed by atoms with Crippen LogP contribution < -0.4 is 0 Å². The molecule has 4 nitrogen and oxygen atoms in total. The van der Waals surface area contributed by atoms with E-state index < -0.39 is 5.97 Å². The lowest BCUT2D eigenvalue weighted by molar-refractivity contribution is -0.137. The SMILES string of the molecule is C=CC(=O)OCC.CCC=C(C)C(=O)O. The fourth-order valence-corrected chi connectivity index (χ4v) is 0.595. The van der Waals surface area contributed by atoms with Crippen molar-refractivity contribution in [3.05, 3.63) is 24.3 Å². The standard InChI is InChI=1S/C6H10O2.C5H8O2/c1-3-4-5(2)6(7)8;1-3-5(6)7-4-2/h4H,3H2,1-2H3,(H,7,8);3H,1,4H2,2H3. The second kappa shape index (κ2) is 10.5. The van der Waals surface area contributed by atoms with Crippen LogP contribution >= 0.6 is 0 Å². The van der Waals surface area contributed by atoms with Gasteiger partial charge in [0.25, 0.3) is 0 Å². The van der Waals surface area contributed by atoms with Crippen molar-refractivity contribution in [2.75, 3.05) is 6.61 Å². The fraction of sp³-hybridized carbons (Fsp3) is 0.455. The molecule has 1 N–H and O–H groups in total. The Hall–Kier alpha value is -1.58. The fourth-order valence-electron chi connectivity index (χ4n) is 0.595. The van der Waals surface area contributed by atoms with Crippen molar-refractivity contribution in [2.24, 2.45) is 0 Å². The minimum absolute atomic E-state index is 0.359. The molecule has 0 atom stereocenters. The van der Waals surface area contributed by atoms with Gasteiger partial charge in [-0.25, -0.2) is 9.59 Å². The van der Waals surface area contributed by atoms with E-state index in [9.17, 15) is 9.59 Å². The molecule has 0 spiro atoms. The van der Waals surface area contributed by atoms with E-state index in [1.807, 2.05) is 6.92 Å². The third-order valence-corrected chi connectivity index (χ3v) is 1.30. The first-order chi connectivity index (χ1) is 6.99. The molecule has 15 heavy (non-hydrogen) atoms. The molecule has 0 radical (unpaired) electrons. The lowest BCUT2D eigenvalue weighted by Crippen LogP contribution is -1.97. The summed E-state index contributed by atoms with van der Waals surface area (Å²) in [4.78, 5) is 20.1. The van der Waals surface area contributed by atoms with Crippen LogP contribution in [0.15, 0.2) is 24.3 Å². The normalized spacial score (nSPS) is 9.67. The summed E-state index contributed by atoms with van der Waals surface area (Å²) >= 11 is 0. The third-order valence-electron chi connectivity index (χ3n) is 1.30. The predicted molar refractivity (Wildman–Crippen MR) is 58.5 cm³/mol. The van der Waals surface area contributed by atoms with E-state index >= 15 is 0 Å². The summed E-state index contributed by atoms with van der Waals surface area (Å²) in [5.74, 6) is -1.19. The highest BCUT2D eigenvalue weighted by atomic mass is 16.5. The van der Waals surface area contributed by atoms with Gasteiger partial charge in [0.15, 0.2) is 0 Å². The van der Waals surface area contributed by atoms with Crippen LogP contribution in [0.3, 0.4) is 0 Å². The zero-order valence-electron chi connectivity index (χ0n) is 9.45. The van der Waals surface area contributed by atoms with Crippen LogP contribution in [0.2, 0.25) is 0 Å². The predicted octanol–water partition coefficient (Wildman–Crippen LogP) is 2.16. The van der Waals surface area contributed by atoms with Gasteiger partial charge in [0.05, 0.1) is 6.61 Å². The summed E-state index contributed by atoms with van der Waals surface area (Å²) in [7, 11) is 0. The Labute approximate surface area is 90.2 Å². The van der Waals surface area contributed by atoms with Gasteiger partial charge in [-0.2, -0.15) is 0 Å². The smallest absolute Gasteiger partial charge is 0.330 e. The number of carbonyl (C=O) groups excluding carboxylic acids is 1. The van der Waals surface area contributed by atoms with Crippen LogP contribution in [0.4, 0.5) is 0 Å². The molecule has 0 amide bonds. The molecule has 86 valence electrons. The van der Waals surface area contributed by atoms with Crippen molar-refractivity contribution in [1.82, 2.24) is 0 Å². The van der Waals surface area contributed by atoms with Gasteiger partial charge in [-0.1, -0.05) is 19.6 Å². The Morgan fingerprint density at radius 1 is 1.40 bits per heavy atom. The highest BCUT2D eigenvalue weighted by Gasteiger charge is 1.95. The van der Waals surface area contributed by atoms with Crippen LogP contribution in [-0.2, 0) is 14.3 Å². The minimum atomic E-state index is -0.827. The molecule has 4 heteroatoms. The largest absolute Gasteiger partial charge is 0.478 e. The number of carboxylic acid groups (broad SMARTS) is 1. The van der Waals surface area contributed by atoms with Gasteiger partial charge in [-0.15, -0.1) is 0 Å². The molecule has 0 aliphatic heterocycles. The number of ether oxygens (including phenoxy) is 1. The summed E-state index contributed by atoms with van der Waals surface area (Å²) in [6.07, 6.45) is 3.62. The van der Waals surface area contributed by atoms with E-state index in [1.54, 1.807) is 19.9 Å². The molecule has 0 fully saturated rings. The van der Waals surface area contributed by atoms with Gasteiger partial charge in [0.1, 0.15) is 0 Å². The molecule has 0 aliphatic carbocycles. The van der Waals surface area contributed by atoms with Crippen LogP contribution in [0.1, 0.15) is 27.2 Å². The Balaban J connectivity index is 0. The van der Waals surface area contributed by atoms with Crippen molar-refractivity contribution in [1.29, 1.82) is 0 Å². The van der Waals surface area contributed by atoms with E-state index in [0.29, 0.717) is 12.2 Å². The number of aliphatic carboxylic acids is 1. The third kappa shape index (κ3) is 12.4. The summed E-state index contributed by atoms with van der Waals surface area (Å²) in [5, 5.41) is 8.24. The Bertz CT molecular complexity index is 241. The van der Waals surface area contributed by atoms with Crippen LogP contribution in [-0.4, -0.2) is 23.7 Å². The van der Waals surface area contributed by atoms with Gasteiger partial charge in [0, 0.05) is 11.6 Å². The Morgan fingerprint density at radius 3 is 2.07 bits per heavy atom. The van der Waals surface area contributed by atoms with Crippen LogP contribution in [0.25, 0.3) is 0 Å². The van der Waals surface area contributed by atoms with Crippen LogP contribution in [0.5, 0.6) is 0 Å². The van der Waals surface area contributed by atoms with E-state index in [4.69, 9.17) is 5.11 Å². The first kappa shape index (κ1) is 15.9. The Kier molecular flexibility index (Phi) is 11.1. The van der Waals surface area contributed by atoms with Crippen molar-refractivity contribution >= 4 is 11.9 Å². The lowest BCUT2D eigenvalue weighted by Gasteiger charge is -1.90. The highest BCUT2D eigenvalue weighted by molar-refractivity contribution is 5.85. The molecule has 0 heterocycles. The number of hydrogen-bond acceptors (Lipinski definition) is 3. The van der Waals surface area contributed by atoms with Gasteiger partial charge in [-0.05, 0) is 20.3 Å². The summed E-state index contributed by atoms with van der Waals surface area (Å²) in [6.45, 7) is 8.88. The quantitative estimate of drug-likeness (QED) is 0.575. The molecule has 0 rings (SSSR count). The topological polar surface area (TPSA) is 63.6 Å². The Morgan fingerprint density at radius 2 is 1.93 bits per heavy atom. The van der Waals surface area contributed by atoms with E-state index in [0.717, 1.165) is 12.5 Å². The molecule has 0 aliphatic rings. The van der Waals surface area contributed by atoms with Gasteiger partial charge < -0.3 is 9.84 Å². The molecule has 0 bridgehead atoms. The number of carbonyl (C=O) groups is 2. The van der Waals surface area contributed by atoms with Crippen molar-refractivity contribution in [2.45, 2.75) is 27.2 Å². The van der Waals surface area contributed by atoms with Crippen molar-refractivity contribution in [3.63, 3.8) is 0 Å². The zero-order chi connectivity index (χ0) is 12.3. The van der Waals surface area contributed by atoms with Crippen molar-refractivity contribution < 1.29 is 19.4 Å². The first-order valence-corrected chi connectivity index (χ1v) is 4.68. The summed E-state index contributed by atoms with van der Waals surface area (Å²) in [5.41, 5.74) is 0.424. The average molecular weight is 214 g/mol. The zero-order valence-corrected chi connectivity index (χ0v) is 9.45. The highest BCUT2D eigenvalue weighted by Crippen LogP contribution is 1.92. The summed E-state index contributed by atoms with van der Waals surface area (Å²) in [6, 6.07) is 0. The van der Waals surface area contributed by atoms with Gasteiger partial charge >= 0.3 is 11.9 Å². The van der Waals surface area contributed by atoms with Crippen molar-refractivity contribution in [3.8, 4) is 0 Å². The molecule has 0 aromatic rings. The lowest BCUT2D eigenvalue weighted by atomic mass is 10.2. The minimum Gasteiger partial charge on any atom is -0.478 e. The second-order valence-electron chi connectivity index (χ2n) is 2.56. The molecule has 0 aromatic heterocycles. The monoisotopic (exact) mass is 214 g/mol. The molecular weight excluding hydrogens is 196 g/mol. The first-order valence-electron chi connectivity index (χ1n) is 4.68.